The molecule has 2 aliphatic heterocycles. The number of carbonyl (C=O) groups is 2. The summed E-state index contributed by atoms with van der Waals surface area (Å²) in [6.07, 6.45) is 3.35. The maximum Gasteiger partial charge on any atom is 0.251 e. The van der Waals surface area contributed by atoms with Crippen molar-refractivity contribution in [3.63, 3.8) is 0 Å². The molecule has 0 aliphatic carbocycles. The molecular formula is C25H30N2O3. The largest absolute Gasteiger partial charge is 0.369 e. The molecular weight excluding hydrogens is 376 g/mol. The van der Waals surface area contributed by atoms with Crippen LogP contribution < -0.4 is 5.73 Å². The lowest BCUT2D eigenvalue weighted by Gasteiger charge is -2.41. The second kappa shape index (κ2) is 8.60. The van der Waals surface area contributed by atoms with Crippen LogP contribution in [0.25, 0.3) is 11.1 Å². The van der Waals surface area contributed by atoms with Gasteiger partial charge in [-0.1, -0.05) is 54.1 Å². The third-order valence-electron chi connectivity index (χ3n) is 6.50. The Morgan fingerprint density at radius 2 is 1.73 bits per heavy atom. The Morgan fingerprint density at radius 3 is 2.33 bits per heavy atom. The molecule has 0 saturated carbocycles. The minimum absolute atomic E-state index is 0.00699. The highest BCUT2D eigenvalue weighted by molar-refractivity contribution is 5.85. The number of amides is 2. The lowest BCUT2D eigenvalue weighted by molar-refractivity contribution is -0.147. The highest BCUT2D eigenvalue weighted by Gasteiger charge is 2.43. The number of aryl methyl sites for hydroxylation is 1. The normalized spacial score (nSPS) is 24.0. The molecule has 4 rings (SSSR count). The predicted octanol–water partition coefficient (Wildman–Crippen LogP) is 3.48. The molecule has 2 aromatic carbocycles. The maximum atomic E-state index is 12.8. The second-order valence-corrected chi connectivity index (χ2v) is 8.75. The lowest BCUT2D eigenvalue weighted by Crippen LogP contribution is -2.55. The van der Waals surface area contributed by atoms with E-state index in [4.69, 9.17) is 10.5 Å². The van der Waals surface area contributed by atoms with E-state index < -0.39 is 5.41 Å². The van der Waals surface area contributed by atoms with Crippen molar-refractivity contribution in [3.05, 3.63) is 59.7 Å². The molecule has 5 heteroatoms. The van der Waals surface area contributed by atoms with Gasteiger partial charge in [0.2, 0.25) is 5.91 Å². The van der Waals surface area contributed by atoms with Crippen molar-refractivity contribution in [2.24, 2.45) is 11.1 Å². The van der Waals surface area contributed by atoms with Crippen molar-refractivity contribution in [2.75, 3.05) is 19.7 Å². The molecule has 2 heterocycles. The smallest absolute Gasteiger partial charge is 0.251 e. The third kappa shape index (κ3) is 4.26. The number of primary amides is 1. The molecule has 2 N–H and O–H groups in total. The minimum Gasteiger partial charge on any atom is -0.369 e. The van der Waals surface area contributed by atoms with Crippen LogP contribution in [0.3, 0.4) is 0 Å². The highest BCUT2D eigenvalue weighted by Crippen LogP contribution is 2.35. The molecule has 158 valence electrons. The molecule has 0 radical (unpaired) electrons. The number of likely N-dealkylation sites (tertiary alicyclic amines) is 1. The fourth-order valence-corrected chi connectivity index (χ4v) is 4.68. The average molecular weight is 407 g/mol. The first-order valence-electron chi connectivity index (χ1n) is 10.8. The summed E-state index contributed by atoms with van der Waals surface area (Å²) in [5.74, 6) is -0.317. The van der Waals surface area contributed by atoms with Gasteiger partial charge < -0.3 is 15.4 Å². The average Bonchev–Trinajstić information content (AvgIpc) is 3.29. The zero-order valence-electron chi connectivity index (χ0n) is 17.6. The molecule has 2 atom stereocenters. The fourth-order valence-electron chi connectivity index (χ4n) is 4.68. The number of nitrogens with two attached hydrogens (primary N) is 1. The SMILES string of the molecule is Cc1ccc(-c2ccc(C[C@]3(C(N)=O)CCCN(C(=O)[C@@H]4CCCO4)C3)cc2)cc1. The molecule has 0 bridgehead atoms. The number of carbonyl (C=O) groups excluding carboxylic acids is 2. The topological polar surface area (TPSA) is 72.6 Å². The van der Waals surface area contributed by atoms with E-state index >= 15 is 0 Å². The summed E-state index contributed by atoms with van der Waals surface area (Å²) >= 11 is 0. The van der Waals surface area contributed by atoms with Crippen molar-refractivity contribution in [3.8, 4) is 11.1 Å². The van der Waals surface area contributed by atoms with E-state index in [0.29, 0.717) is 32.5 Å². The van der Waals surface area contributed by atoms with Gasteiger partial charge in [-0.05, 0) is 55.7 Å². The summed E-state index contributed by atoms with van der Waals surface area (Å²) in [6, 6.07) is 16.8. The van der Waals surface area contributed by atoms with Crippen molar-refractivity contribution < 1.29 is 14.3 Å². The van der Waals surface area contributed by atoms with Crippen LogP contribution in [0.2, 0.25) is 0 Å². The summed E-state index contributed by atoms with van der Waals surface area (Å²) in [5, 5.41) is 0. The molecule has 2 aromatic rings. The van der Waals surface area contributed by atoms with Gasteiger partial charge in [0.1, 0.15) is 6.10 Å². The van der Waals surface area contributed by atoms with Crippen molar-refractivity contribution >= 4 is 11.8 Å². The molecule has 0 spiro atoms. The Hall–Kier alpha value is -2.66. The van der Waals surface area contributed by atoms with Crippen molar-refractivity contribution in [2.45, 2.75) is 45.1 Å². The molecule has 0 unspecified atom stereocenters. The summed E-state index contributed by atoms with van der Waals surface area (Å²) in [5.41, 5.74) is 9.78. The number of nitrogens with zero attached hydrogens (tertiary/aromatic N) is 1. The van der Waals surface area contributed by atoms with Crippen molar-refractivity contribution in [1.82, 2.24) is 4.90 Å². The van der Waals surface area contributed by atoms with Gasteiger partial charge in [-0.25, -0.2) is 0 Å². The summed E-state index contributed by atoms with van der Waals surface area (Å²) < 4.78 is 5.57. The molecule has 30 heavy (non-hydrogen) atoms. The standard InChI is InChI=1S/C25H30N2O3/c1-18-5-9-20(10-6-18)21-11-7-19(8-12-21)16-25(24(26)29)13-3-14-27(17-25)23(28)22-4-2-15-30-22/h5-12,22H,2-4,13-17H2,1H3,(H2,26,29)/t22-,25+/m0/s1. The van der Waals surface area contributed by atoms with Crippen LogP contribution in [0.1, 0.15) is 36.8 Å². The maximum absolute atomic E-state index is 12.8. The molecule has 2 amide bonds. The number of benzene rings is 2. The molecule has 2 fully saturated rings. The van der Waals surface area contributed by atoms with E-state index in [1.807, 2.05) is 0 Å². The summed E-state index contributed by atoms with van der Waals surface area (Å²) in [4.78, 5) is 27.2. The van der Waals surface area contributed by atoms with Gasteiger partial charge in [0, 0.05) is 19.7 Å². The van der Waals surface area contributed by atoms with E-state index in [0.717, 1.165) is 30.4 Å². The van der Waals surface area contributed by atoms with Crippen molar-refractivity contribution in [1.29, 1.82) is 0 Å². The monoisotopic (exact) mass is 406 g/mol. The van der Waals surface area contributed by atoms with Gasteiger partial charge in [0.15, 0.2) is 0 Å². The van der Waals surface area contributed by atoms with Crippen LogP contribution in [0.5, 0.6) is 0 Å². The first-order chi connectivity index (χ1) is 14.5. The van der Waals surface area contributed by atoms with Crippen LogP contribution in [0, 0.1) is 12.3 Å². The van der Waals surface area contributed by atoms with Gasteiger partial charge in [0.05, 0.1) is 5.41 Å². The Kier molecular flexibility index (Phi) is 5.91. The van der Waals surface area contributed by atoms with Gasteiger partial charge in [-0.3, -0.25) is 9.59 Å². The molecule has 2 aliphatic rings. The number of ether oxygens (including phenoxy) is 1. The van der Waals surface area contributed by atoms with E-state index in [2.05, 4.69) is 55.5 Å². The molecule has 2 saturated heterocycles. The van der Waals surface area contributed by atoms with Gasteiger partial charge in [-0.2, -0.15) is 0 Å². The summed E-state index contributed by atoms with van der Waals surface area (Å²) in [6.45, 7) is 3.76. The highest BCUT2D eigenvalue weighted by atomic mass is 16.5. The van der Waals surface area contributed by atoms with E-state index in [1.165, 1.54) is 11.1 Å². The van der Waals surface area contributed by atoms with Crippen LogP contribution in [-0.4, -0.2) is 42.5 Å². The quantitative estimate of drug-likeness (QED) is 0.826. The Balaban J connectivity index is 1.50. The molecule has 0 aromatic heterocycles. The van der Waals surface area contributed by atoms with Gasteiger partial charge in [0.25, 0.3) is 5.91 Å². The van der Waals surface area contributed by atoms with Crippen LogP contribution >= 0.6 is 0 Å². The molecule has 5 nitrogen and oxygen atoms in total. The van der Waals surface area contributed by atoms with Gasteiger partial charge in [-0.15, -0.1) is 0 Å². The Labute approximate surface area is 178 Å². The first-order valence-corrected chi connectivity index (χ1v) is 10.8. The number of hydrogen-bond donors (Lipinski definition) is 1. The zero-order chi connectivity index (χ0) is 21.1. The van der Waals surface area contributed by atoms with E-state index in [9.17, 15) is 9.59 Å². The number of hydrogen-bond acceptors (Lipinski definition) is 3. The lowest BCUT2D eigenvalue weighted by atomic mass is 9.74. The van der Waals surface area contributed by atoms with Crippen LogP contribution in [0.4, 0.5) is 0 Å². The van der Waals surface area contributed by atoms with Crippen LogP contribution in [-0.2, 0) is 20.7 Å². The number of piperidine rings is 1. The van der Waals surface area contributed by atoms with E-state index in [1.54, 1.807) is 4.90 Å². The predicted molar refractivity (Wildman–Crippen MR) is 117 cm³/mol. The minimum atomic E-state index is -0.724. The van der Waals surface area contributed by atoms with E-state index in [-0.39, 0.29) is 17.9 Å². The fraction of sp³-hybridized carbons (Fsp3) is 0.440. The first kappa shape index (κ1) is 20.6. The van der Waals surface area contributed by atoms with Gasteiger partial charge >= 0.3 is 0 Å². The summed E-state index contributed by atoms with van der Waals surface area (Å²) in [7, 11) is 0. The Morgan fingerprint density at radius 1 is 1.07 bits per heavy atom. The second-order valence-electron chi connectivity index (χ2n) is 8.75. The van der Waals surface area contributed by atoms with Crippen LogP contribution in [0.15, 0.2) is 48.5 Å². The number of rotatable bonds is 5. The zero-order valence-corrected chi connectivity index (χ0v) is 17.6. The third-order valence-corrected chi connectivity index (χ3v) is 6.50. The Bertz CT molecular complexity index is 901.